The summed E-state index contributed by atoms with van der Waals surface area (Å²) in [7, 11) is 3.46. The molecule has 0 spiro atoms. The van der Waals surface area contributed by atoms with Crippen LogP contribution < -0.4 is 4.74 Å². The van der Waals surface area contributed by atoms with Gasteiger partial charge in [0.05, 0.1) is 14.2 Å². The van der Waals surface area contributed by atoms with Gasteiger partial charge in [0.1, 0.15) is 5.75 Å². The maximum absolute atomic E-state index is 7.44. The predicted molar refractivity (Wildman–Crippen MR) is 55.2 cm³/mol. The number of ether oxygens (including phenoxy) is 1. The van der Waals surface area contributed by atoms with Crippen molar-refractivity contribution in [3.05, 3.63) is 36.5 Å². The Labute approximate surface area is 84.3 Å². The first-order chi connectivity index (χ1) is 7.20. The second kappa shape index (κ2) is 3.54. The molecule has 3 heteroatoms. The number of methoxy groups -OCH3 is 1. The van der Waals surface area contributed by atoms with Crippen molar-refractivity contribution < 1.29 is 6.11 Å². The number of hydrogen-bond donors (Lipinski definition) is 0. The van der Waals surface area contributed by atoms with E-state index in [0.717, 1.165) is 17.0 Å². The van der Waals surface area contributed by atoms with Gasteiger partial charge in [0.25, 0.3) is 0 Å². The Balaban J connectivity index is 2.49. The van der Waals surface area contributed by atoms with Crippen LogP contribution in [-0.4, -0.2) is 16.9 Å². The lowest BCUT2D eigenvalue weighted by Gasteiger charge is -2.04. The van der Waals surface area contributed by atoms with Gasteiger partial charge in [-0.25, -0.2) is 0 Å². The molecule has 0 aliphatic rings. The monoisotopic (exact) mass is 189 g/mol. The van der Waals surface area contributed by atoms with E-state index in [-0.39, 0.29) is 6.17 Å². The van der Waals surface area contributed by atoms with E-state index < -0.39 is 0 Å². The van der Waals surface area contributed by atoms with E-state index in [4.69, 9.17) is 6.11 Å². The van der Waals surface area contributed by atoms with Gasteiger partial charge in [-0.2, -0.15) is 5.10 Å². The minimum atomic E-state index is 0.273. The molecule has 1 aromatic carbocycles. The van der Waals surface area contributed by atoms with E-state index in [1.54, 1.807) is 17.9 Å². The SMILES string of the molecule is [2H]c1cc(-c2cccc(OC)c2)n(C)n1. The number of hydrogen-bond acceptors (Lipinski definition) is 2. The molecule has 0 saturated carbocycles. The van der Waals surface area contributed by atoms with Crippen LogP contribution >= 0.6 is 0 Å². The van der Waals surface area contributed by atoms with Crippen LogP contribution in [-0.2, 0) is 7.05 Å². The highest BCUT2D eigenvalue weighted by Gasteiger charge is 2.02. The lowest BCUT2D eigenvalue weighted by atomic mass is 10.1. The Morgan fingerprint density at radius 1 is 1.43 bits per heavy atom. The molecule has 0 radical (unpaired) electrons. The van der Waals surface area contributed by atoms with Gasteiger partial charge in [-0.1, -0.05) is 12.1 Å². The van der Waals surface area contributed by atoms with Crippen LogP contribution in [0, 0.1) is 0 Å². The summed E-state index contributed by atoms with van der Waals surface area (Å²) in [5.74, 6) is 0.806. The minimum absolute atomic E-state index is 0.273. The van der Waals surface area contributed by atoms with Crippen LogP contribution in [0.3, 0.4) is 0 Å². The highest BCUT2D eigenvalue weighted by Crippen LogP contribution is 2.22. The van der Waals surface area contributed by atoms with E-state index in [0.29, 0.717) is 0 Å². The fraction of sp³-hybridized carbons (Fsp3) is 0.182. The van der Waals surface area contributed by atoms with Gasteiger partial charge in [-0.3, -0.25) is 4.68 Å². The Bertz CT molecular complexity index is 479. The molecule has 2 rings (SSSR count). The Morgan fingerprint density at radius 2 is 2.29 bits per heavy atom. The summed E-state index contributed by atoms with van der Waals surface area (Å²) < 4.78 is 14.3. The molecule has 1 aromatic heterocycles. The second-order valence-corrected chi connectivity index (χ2v) is 3.01. The standard InChI is InChI=1S/C11H12N2O/c1-13-11(6-7-12-13)9-4-3-5-10(8-9)14-2/h3-8H,1-2H3/i7D. The third-order valence-electron chi connectivity index (χ3n) is 2.12. The zero-order chi connectivity index (χ0) is 10.8. The summed E-state index contributed by atoms with van der Waals surface area (Å²) in [4.78, 5) is 0. The number of aryl methyl sites for hydroxylation is 1. The normalized spacial score (nSPS) is 11.1. The Kier molecular flexibility index (Phi) is 1.92. The largest absolute Gasteiger partial charge is 0.497 e. The quantitative estimate of drug-likeness (QED) is 0.723. The number of benzene rings is 1. The zero-order valence-electron chi connectivity index (χ0n) is 9.19. The predicted octanol–water partition coefficient (Wildman–Crippen LogP) is 2.10. The molecule has 0 bridgehead atoms. The molecule has 3 nitrogen and oxygen atoms in total. The summed E-state index contributed by atoms with van der Waals surface area (Å²) in [6, 6.07) is 9.44. The van der Waals surface area contributed by atoms with E-state index in [9.17, 15) is 0 Å². The van der Waals surface area contributed by atoms with Crippen molar-refractivity contribution in [2.45, 2.75) is 0 Å². The van der Waals surface area contributed by atoms with E-state index >= 15 is 0 Å². The lowest BCUT2D eigenvalue weighted by Crippen LogP contribution is -1.93. The molecule has 0 fully saturated rings. The first-order valence-electron chi connectivity index (χ1n) is 4.86. The third kappa shape index (κ3) is 1.48. The molecular formula is C11H12N2O. The van der Waals surface area contributed by atoms with E-state index in [1.165, 1.54) is 0 Å². The summed E-state index contributed by atoms with van der Waals surface area (Å²) in [6.07, 6.45) is 0.273. The minimum Gasteiger partial charge on any atom is -0.497 e. The molecule has 2 aromatic rings. The van der Waals surface area contributed by atoms with E-state index in [2.05, 4.69) is 5.10 Å². The first kappa shape index (κ1) is 7.62. The summed E-state index contributed by atoms with van der Waals surface area (Å²) in [5.41, 5.74) is 1.92. The van der Waals surface area contributed by atoms with Crippen molar-refractivity contribution >= 4 is 0 Å². The maximum atomic E-state index is 7.44. The highest BCUT2D eigenvalue weighted by molar-refractivity contribution is 5.61. The fourth-order valence-electron chi connectivity index (χ4n) is 1.38. The molecule has 72 valence electrons. The molecule has 0 atom stereocenters. The van der Waals surface area contributed by atoms with Crippen LogP contribution in [0.4, 0.5) is 0 Å². The van der Waals surface area contributed by atoms with Crippen LogP contribution in [0.5, 0.6) is 5.75 Å². The van der Waals surface area contributed by atoms with Gasteiger partial charge in [-0.05, 0) is 18.2 Å². The lowest BCUT2D eigenvalue weighted by molar-refractivity contribution is 0.415. The molecule has 0 saturated heterocycles. The summed E-state index contributed by atoms with van der Waals surface area (Å²) in [5, 5.41) is 3.99. The fourth-order valence-corrected chi connectivity index (χ4v) is 1.38. The zero-order valence-corrected chi connectivity index (χ0v) is 8.19. The van der Waals surface area contributed by atoms with Gasteiger partial charge < -0.3 is 4.74 Å². The average molecular weight is 189 g/mol. The Hall–Kier alpha value is -1.77. The van der Waals surface area contributed by atoms with Gasteiger partial charge >= 0.3 is 0 Å². The molecule has 0 unspecified atom stereocenters. The van der Waals surface area contributed by atoms with Crippen LogP contribution in [0.25, 0.3) is 11.3 Å². The van der Waals surface area contributed by atoms with Crippen LogP contribution in [0.15, 0.2) is 36.5 Å². The average Bonchev–Trinajstić information content (AvgIpc) is 2.58. The second-order valence-electron chi connectivity index (χ2n) is 3.01. The van der Waals surface area contributed by atoms with Gasteiger partial charge in [0.2, 0.25) is 0 Å². The molecule has 0 amide bonds. The van der Waals surface area contributed by atoms with E-state index in [1.807, 2.05) is 31.3 Å². The van der Waals surface area contributed by atoms with Crippen molar-refractivity contribution in [2.75, 3.05) is 7.11 Å². The highest BCUT2D eigenvalue weighted by atomic mass is 16.5. The summed E-state index contributed by atoms with van der Waals surface area (Å²) in [6.45, 7) is 0. The maximum Gasteiger partial charge on any atom is 0.119 e. The van der Waals surface area contributed by atoms with Crippen molar-refractivity contribution in [3.8, 4) is 17.0 Å². The van der Waals surface area contributed by atoms with Gasteiger partial charge in [0.15, 0.2) is 0 Å². The first-order valence-corrected chi connectivity index (χ1v) is 4.36. The third-order valence-corrected chi connectivity index (χ3v) is 2.12. The molecule has 0 N–H and O–H groups in total. The number of rotatable bonds is 2. The van der Waals surface area contributed by atoms with Crippen molar-refractivity contribution in [1.82, 2.24) is 9.78 Å². The van der Waals surface area contributed by atoms with Crippen LogP contribution in [0.1, 0.15) is 1.37 Å². The molecular weight excluding hydrogens is 176 g/mol. The smallest absolute Gasteiger partial charge is 0.119 e. The number of nitrogens with zero attached hydrogens (tertiary/aromatic N) is 2. The number of aromatic nitrogens is 2. The van der Waals surface area contributed by atoms with Crippen molar-refractivity contribution in [3.63, 3.8) is 0 Å². The topological polar surface area (TPSA) is 27.1 Å². The molecule has 1 heterocycles. The van der Waals surface area contributed by atoms with Crippen molar-refractivity contribution in [1.29, 1.82) is 0 Å². The van der Waals surface area contributed by atoms with Crippen LogP contribution in [0.2, 0.25) is 0 Å². The van der Waals surface area contributed by atoms with Crippen molar-refractivity contribution in [2.24, 2.45) is 7.05 Å². The Morgan fingerprint density at radius 3 is 2.93 bits per heavy atom. The molecule has 0 aliphatic heterocycles. The summed E-state index contributed by atoms with van der Waals surface area (Å²) >= 11 is 0. The molecule has 0 aliphatic carbocycles. The van der Waals surface area contributed by atoms with Gasteiger partial charge in [-0.15, -0.1) is 0 Å². The van der Waals surface area contributed by atoms with Gasteiger partial charge in [0, 0.05) is 18.8 Å². The molecule has 14 heavy (non-hydrogen) atoms.